The minimum Gasteiger partial charge on any atom is -0.390 e. The van der Waals surface area contributed by atoms with Crippen molar-refractivity contribution in [2.75, 3.05) is 5.32 Å². The van der Waals surface area contributed by atoms with Gasteiger partial charge in [0.15, 0.2) is 21.5 Å². The smallest absolute Gasteiger partial charge is 0.253 e. The lowest BCUT2D eigenvalue weighted by molar-refractivity contribution is -0.113. The largest absolute Gasteiger partial charge is 0.390 e. The van der Waals surface area contributed by atoms with Crippen molar-refractivity contribution < 1.29 is 27.1 Å². The summed E-state index contributed by atoms with van der Waals surface area (Å²) >= 11 is 0. The van der Waals surface area contributed by atoms with E-state index in [1.807, 2.05) is 0 Å². The summed E-state index contributed by atoms with van der Waals surface area (Å²) in [6.45, 7) is 1.78. The molecule has 6 nitrogen and oxygen atoms in total. The summed E-state index contributed by atoms with van der Waals surface area (Å²) in [6, 6.07) is 1.99. The maximum absolute atomic E-state index is 13.4. The van der Waals surface area contributed by atoms with Crippen LogP contribution in [0.2, 0.25) is 0 Å². The average molecular weight is 438 g/mol. The first-order chi connectivity index (χ1) is 14.0. The SMILES string of the molecule is C[C@@]1(O)C2CC[C@H]1CC(S(=O)(=O)C1=CC(N)C(C(=O)Nc3ccc(F)c(F)c3)=C1)C2. The van der Waals surface area contributed by atoms with Crippen molar-refractivity contribution in [2.24, 2.45) is 17.6 Å². The van der Waals surface area contributed by atoms with Crippen LogP contribution in [0.1, 0.15) is 32.6 Å². The molecule has 4 N–H and O–H groups in total. The van der Waals surface area contributed by atoms with Crippen molar-refractivity contribution in [1.29, 1.82) is 0 Å². The number of anilines is 1. The maximum Gasteiger partial charge on any atom is 0.253 e. The molecule has 3 aliphatic rings. The molecule has 2 saturated carbocycles. The van der Waals surface area contributed by atoms with Crippen LogP contribution in [-0.4, -0.2) is 36.3 Å². The number of fused-ring (bicyclic) bond motifs is 2. The average Bonchev–Trinajstić information content (AvgIpc) is 3.07. The predicted octanol–water partition coefficient (Wildman–Crippen LogP) is 2.41. The van der Waals surface area contributed by atoms with E-state index >= 15 is 0 Å². The van der Waals surface area contributed by atoms with Gasteiger partial charge in [-0.25, -0.2) is 17.2 Å². The number of sulfone groups is 1. The second-order valence-corrected chi connectivity index (χ2v) is 10.8. The number of halogens is 2. The third kappa shape index (κ3) is 3.48. The molecule has 0 spiro atoms. The van der Waals surface area contributed by atoms with Gasteiger partial charge in [0.25, 0.3) is 5.91 Å². The lowest BCUT2D eigenvalue weighted by atomic mass is 9.76. The first-order valence-electron chi connectivity index (χ1n) is 9.92. The third-order valence-electron chi connectivity index (χ3n) is 6.82. The Morgan fingerprint density at radius 2 is 1.83 bits per heavy atom. The second kappa shape index (κ2) is 7.25. The molecule has 1 aromatic rings. The zero-order chi connectivity index (χ0) is 21.8. The predicted molar refractivity (Wildman–Crippen MR) is 108 cm³/mol. The molecule has 1 aromatic carbocycles. The fourth-order valence-electron chi connectivity index (χ4n) is 4.95. The number of carbonyl (C=O) groups is 1. The van der Waals surface area contributed by atoms with E-state index in [0.29, 0.717) is 12.8 Å². The van der Waals surface area contributed by atoms with Crippen LogP contribution in [0.15, 0.2) is 40.8 Å². The summed E-state index contributed by atoms with van der Waals surface area (Å²) in [5.74, 6) is -2.96. The van der Waals surface area contributed by atoms with Gasteiger partial charge in [0.2, 0.25) is 0 Å². The number of amides is 1. The van der Waals surface area contributed by atoms with E-state index in [2.05, 4.69) is 5.32 Å². The van der Waals surface area contributed by atoms with Gasteiger partial charge in [0.05, 0.1) is 21.8 Å². The van der Waals surface area contributed by atoms with Crippen LogP contribution in [0.5, 0.6) is 0 Å². The highest BCUT2D eigenvalue weighted by Crippen LogP contribution is 2.51. The monoisotopic (exact) mass is 438 g/mol. The highest BCUT2D eigenvalue weighted by molar-refractivity contribution is 7.96. The molecular formula is C21H24F2N2O4S. The minimum atomic E-state index is -3.72. The van der Waals surface area contributed by atoms with Crippen LogP contribution in [0.4, 0.5) is 14.5 Å². The number of nitrogens with two attached hydrogens (primary N) is 1. The Morgan fingerprint density at radius 3 is 2.43 bits per heavy atom. The van der Waals surface area contributed by atoms with Gasteiger partial charge in [0, 0.05) is 17.3 Å². The fraction of sp³-hybridized carbons (Fsp3) is 0.476. The van der Waals surface area contributed by atoms with E-state index in [-0.39, 0.29) is 28.0 Å². The lowest BCUT2D eigenvalue weighted by Crippen LogP contribution is -2.45. The number of carbonyl (C=O) groups excluding carboxylic acids is 1. The molecule has 1 amide bonds. The molecule has 0 aliphatic heterocycles. The number of hydrogen-bond donors (Lipinski definition) is 3. The minimum absolute atomic E-state index is 0.00335. The number of nitrogens with one attached hydrogen (secondary N) is 1. The number of benzene rings is 1. The Hall–Kier alpha value is -2.10. The van der Waals surface area contributed by atoms with Crippen LogP contribution in [0.25, 0.3) is 0 Å². The Labute approximate surface area is 173 Å². The van der Waals surface area contributed by atoms with Gasteiger partial charge in [-0.2, -0.15) is 0 Å². The van der Waals surface area contributed by atoms with E-state index < -0.39 is 44.3 Å². The zero-order valence-electron chi connectivity index (χ0n) is 16.4. The van der Waals surface area contributed by atoms with Crippen LogP contribution in [0.3, 0.4) is 0 Å². The molecule has 2 fully saturated rings. The van der Waals surface area contributed by atoms with E-state index in [4.69, 9.17) is 5.73 Å². The van der Waals surface area contributed by atoms with Crippen molar-refractivity contribution in [1.82, 2.24) is 0 Å². The number of hydrogen-bond acceptors (Lipinski definition) is 5. The van der Waals surface area contributed by atoms with Crippen molar-refractivity contribution >= 4 is 21.4 Å². The van der Waals surface area contributed by atoms with Crippen LogP contribution >= 0.6 is 0 Å². The quantitative estimate of drug-likeness (QED) is 0.669. The van der Waals surface area contributed by atoms with Gasteiger partial charge >= 0.3 is 0 Å². The molecule has 0 heterocycles. The van der Waals surface area contributed by atoms with Crippen LogP contribution in [-0.2, 0) is 14.6 Å². The standard InChI is InChI=1S/C21H24F2N2O4S/c1-21(27)11-2-3-12(21)7-14(6-11)30(28,29)15-9-16(19(24)10-15)20(26)25-13-4-5-17(22)18(23)8-13/h4-5,8-12,14,19,27H,2-3,6-7,24H2,1H3,(H,25,26)/t11-,12?,14?,19?,21-/m0/s1. The van der Waals surface area contributed by atoms with Gasteiger partial charge in [-0.15, -0.1) is 0 Å². The molecular weight excluding hydrogens is 414 g/mol. The lowest BCUT2D eigenvalue weighted by Gasteiger charge is -2.40. The van der Waals surface area contributed by atoms with Crippen LogP contribution in [0, 0.1) is 23.5 Å². The van der Waals surface area contributed by atoms with Crippen molar-refractivity contribution in [3.8, 4) is 0 Å². The molecule has 0 radical (unpaired) electrons. The van der Waals surface area contributed by atoms with E-state index in [0.717, 1.165) is 25.0 Å². The zero-order valence-corrected chi connectivity index (χ0v) is 17.3. The molecule has 162 valence electrons. The summed E-state index contributed by atoms with van der Waals surface area (Å²) in [5.41, 5.74) is 5.20. The molecule has 0 aromatic heterocycles. The number of aliphatic hydroxyl groups is 1. The van der Waals surface area contributed by atoms with Gasteiger partial charge < -0.3 is 16.2 Å². The Balaban J connectivity index is 1.52. The highest BCUT2D eigenvalue weighted by atomic mass is 32.2. The van der Waals surface area contributed by atoms with E-state index in [9.17, 15) is 27.1 Å². The Bertz CT molecular complexity index is 1050. The third-order valence-corrected chi connectivity index (χ3v) is 8.99. The number of allylic oxidation sites excluding steroid dienone is 1. The number of rotatable bonds is 4. The summed E-state index contributed by atoms with van der Waals surface area (Å²) in [7, 11) is -3.72. The molecule has 3 unspecified atom stereocenters. The Morgan fingerprint density at radius 1 is 1.20 bits per heavy atom. The van der Waals surface area contributed by atoms with E-state index in [1.54, 1.807) is 6.92 Å². The van der Waals surface area contributed by atoms with Gasteiger partial charge in [-0.1, -0.05) is 0 Å². The van der Waals surface area contributed by atoms with Gasteiger partial charge in [-0.05, 0) is 68.7 Å². The van der Waals surface area contributed by atoms with Gasteiger partial charge in [-0.3, -0.25) is 4.79 Å². The molecule has 0 saturated heterocycles. The summed E-state index contributed by atoms with van der Waals surface area (Å²) in [6.07, 6.45) is 4.96. The molecule has 3 aliphatic carbocycles. The summed E-state index contributed by atoms with van der Waals surface area (Å²) < 4.78 is 52.8. The van der Waals surface area contributed by atoms with Crippen LogP contribution < -0.4 is 11.1 Å². The molecule has 30 heavy (non-hydrogen) atoms. The molecule has 9 heteroatoms. The Kier molecular flexibility index (Phi) is 5.11. The summed E-state index contributed by atoms with van der Waals surface area (Å²) in [4.78, 5) is 12.5. The van der Waals surface area contributed by atoms with Crippen molar-refractivity contribution in [2.45, 2.75) is 49.5 Å². The fourth-order valence-corrected chi connectivity index (χ4v) is 6.93. The second-order valence-electron chi connectivity index (χ2n) is 8.61. The first kappa shape index (κ1) is 21.1. The molecule has 4 rings (SSSR count). The topological polar surface area (TPSA) is 109 Å². The van der Waals surface area contributed by atoms with E-state index in [1.165, 1.54) is 18.2 Å². The highest BCUT2D eigenvalue weighted by Gasteiger charge is 2.53. The molecule has 2 bridgehead atoms. The maximum atomic E-state index is 13.4. The normalized spacial score (nSPS) is 33.2. The first-order valence-corrected chi connectivity index (χ1v) is 11.5. The van der Waals surface area contributed by atoms with Crippen molar-refractivity contribution in [3.63, 3.8) is 0 Å². The summed E-state index contributed by atoms with van der Waals surface area (Å²) in [5, 5.41) is 12.4. The van der Waals surface area contributed by atoms with Crippen molar-refractivity contribution in [3.05, 3.63) is 52.5 Å². The molecule has 5 atom stereocenters. The van der Waals surface area contributed by atoms with Gasteiger partial charge in [0.1, 0.15) is 0 Å².